The van der Waals surface area contributed by atoms with Gasteiger partial charge in [-0.15, -0.1) is 12.4 Å². The van der Waals surface area contributed by atoms with Crippen LogP contribution in [0.15, 0.2) is 0 Å². The molecule has 16 heavy (non-hydrogen) atoms. The monoisotopic (exact) mass is 250 g/mol. The number of ether oxygens (including phenoxy) is 1. The third kappa shape index (κ3) is 4.68. The minimum Gasteiger partial charge on any atom is -0.372 e. The number of carbonyl (C=O) groups is 1. The third-order valence-corrected chi connectivity index (χ3v) is 2.84. The van der Waals surface area contributed by atoms with Gasteiger partial charge in [-0.3, -0.25) is 4.79 Å². The average Bonchev–Trinajstić information content (AvgIpc) is 2.72. The maximum absolute atomic E-state index is 11.7. The van der Waals surface area contributed by atoms with Crippen molar-refractivity contribution in [2.75, 3.05) is 26.3 Å². The Balaban J connectivity index is 0.00000225. The molecule has 1 fully saturated rings. The van der Waals surface area contributed by atoms with Gasteiger partial charge in [0.15, 0.2) is 0 Å². The fourth-order valence-corrected chi connectivity index (χ4v) is 1.90. The molecule has 0 aliphatic carbocycles. The van der Waals surface area contributed by atoms with Crippen LogP contribution in [0, 0.1) is 0 Å². The summed E-state index contributed by atoms with van der Waals surface area (Å²) in [5.74, 6) is 0.0963. The molecule has 2 N–H and O–H groups in total. The maximum Gasteiger partial charge on any atom is 0.248 e. The molecule has 0 aromatic rings. The molecule has 1 heterocycles. The number of hydrogen-bond donors (Lipinski definition) is 1. The van der Waals surface area contributed by atoms with Crippen molar-refractivity contribution in [1.29, 1.82) is 0 Å². The molecule has 0 aromatic carbocycles. The summed E-state index contributed by atoms with van der Waals surface area (Å²) in [7, 11) is 0. The first kappa shape index (κ1) is 15.7. The van der Waals surface area contributed by atoms with Crippen LogP contribution < -0.4 is 5.73 Å². The molecule has 0 aromatic heterocycles. The summed E-state index contributed by atoms with van der Waals surface area (Å²) in [6.07, 6.45) is 4.23. The van der Waals surface area contributed by atoms with Crippen LogP contribution in [0.1, 0.15) is 32.6 Å². The van der Waals surface area contributed by atoms with Crippen molar-refractivity contribution in [2.45, 2.75) is 38.6 Å². The minimum absolute atomic E-state index is 0. The zero-order valence-electron chi connectivity index (χ0n) is 9.98. The van der Waals surface area contributed by atoms with Gasteiger partial charge in [0.2, 0.25) is 5.91 Å². The Bertz CT molecular complexity index is 202. The lowest BCUT2D eigenvalue weighted by Gasteiger charge is -2.23. The van der Waals surface area contributed by atoms with Gasteiger partial charge in [0.1, 0.15) is 6.61 Å². The molecule has 1 amide bonds. The summed E-state index contributed by atoms with van der Waals surface area (Å²) < 4.78 is 5.31. The highest BCUT2D eigenvalue weighted by Gasteiger charge is 2.27. The summed E-state index contributed by atoms with van der Waals surface area (Å²) >= 11 is 0. The summed E-state index contributed by atoms with van der Waals surface area (Å²) in [4.78, 5) is 13.6. The topological polar surface area (TPSA) is 55.6 Å². The molecule has 1 unspecified atom stereocenters. The van der Waals surface area contributed by atoms with E-state index in [-0.39, 0.29) is 31.0 Å². The first-order chi connectivity index (χ1) is 7.29. The van der Waals surface area contributed by atoms with E-state index in [4.69, 9.17) is 10.5 Å². The Hall–Kier alpha value is -0.320. The van der Waals surface area contributed by atoms with Crippen molar-refractivity contribution in [3.63, 3.8) is 0 Å². The fourth-order valence-electron chi connectivity index (χ4n) is 1.90. The highest BCUT2D eigenvalue weighted by Crippen LogP contribution is 2.16. The van der Waals surface area contributed by atoms with Crippen molar-refractivity contribution in [2.24, 2.45) is 5.73 Å². The molecule has 1 aliphatic heterocycles. The SMILES string of the molecule is CCCCOCC(=O)N1CCCC1CN.Cl. The quantitative estimate of drug-likeness (QED) is 0.720. The van der Waals surface area contributed by atoms with Crippen molar-refractivity contribution in [3.8, 4) is 0 Å². The van der Waals surface area contributed by atoms with Crippen LogP contribution >= 0.6 is 12.4 Å². The lowest BCUT2D eigenvalue weighted by atomic mass is 10.2. The number of halogens is 1. The molecule has 0 saturated carbocycles. The molecule has 1 atom stereocenters. The van der Waals surface area contributed by atoms with E-state index in [0.29, 0.717) is 13.2 Å². The normalized spacial score (nSPS) is 19.6. The predicted molar refractivity (Wildman–Crippen MR) is 66.8 cm³/mol. The van der Waals surface area contributed by atoms with E-state index in [2.05, 4.69) is 6.92 Å². The first-order valence-corrected chi connectivity index (χ1v) is 5.86. The molecule has 0 spiro atoms. The lowest BCUT2D eigenvalue weighted by Crippen LogP contribution is -2.41. The minimum atomic E-state index is 0. The smallest absolute Gasteiger partial charge is 0.248 e. The van der Waals surface area contributed by atoms with Gasteiger partial charge in [0, 0.05) is 25.7 Å². The van der Waals surface area contributed by atoms with Crippen LogP contribution in [0.5, 0.6) is 0 Å². The van der Waals surface area contributed by atoms with Gasteiger partial charge in [-0.2, -0.15) is 0 Å². The van der Waals surface area contributed by atoms with Crippen molar-refractivity contribution >= 4 is 18.3 Å². The third-order valence-electron chi connectivity index (χ3n) is 2.84. The standard InChI is InChI=1S/C11H22N2O2.ClH/c1-2-3-7-15-9-11(14)13-6-4-5-10(13)8-12;/h10H,2-9,12H2,1H3;1H. The zero-order chi connectivity index (χ0) is 11.1. The highest BCUT2D eigenvalue weighted by atomic mass is 35.5. The Labute approximate surface area is 104 Å². The number of rotatable bonds is 6. The molecule has 4 nitrogen and oxygen atoms in total. The molecule has 1 rings (SSSR count). The Morgan fingerprint density at radius 1 is 1.56 bits per heavy atom. The highest BCUT2D eigenvalue weighted by molar-refractivity contribution is 5.85. The van der Waals surface area contributed by atoms with E-state index in [1.165, 1.54) is 0 Å². The zero-order valence-corrected chi connectivity index (χ0v) is 10.8. The summed E-state index contributed by atoms with van der Waals surface area (Å²) in [6.45, 7) is 4.43. The molecular formula is C11H23ClN2O2. The lowest BCUT2D eigenvalue weighted by molar-refractivity contribution is -0.136. The first-order valence-electron chi connectivity index (χ1n) is 5.86. The number of unbranched alkanes of at least 4 members (excludes halogenated alkanes) is 1. The van der Waals surface area contributed by atoms with E-state index >= 15 is 0 Å². The second-order valence-corrected chi connectivity index (χ2v) is 4.03. The van der Waals surface area contributed by atoms with Gasteiger partial charge in [-0.05, 0) is 19.3 Å². The summed E-state index contributed by atoms with van der Waals surface area (Å²) in [5.41, 5.74) is 5.60. The van der Waals surface area contributed by atoms with E-state index in [9.17, 15) is 4.79 Å². The van der Waals surface area contributed by atoms with Crippen LogP contribution in [0.4, 0.5) is 0 Å². The Morgan fingerprint density at radius 2 is 2.31 bits per heavy atom. The van der Waals surface area contributed by atoms with Crippen LogP contribution in [0.3, 0.4) is 0 Å². The van der Waals surface area contributed by atoms with Crippen LogP contribution in [0.25, 0.3) is 0 Å². The van der Waals surface area contributed by atoms with Crippen LogP contribution in [-0.4, -0.2) is 43.2 Å². The predicted octanol–water partition coefficient (Wildman–Crippen LogP) is 1.17. The number of carbonyl (C=O) groups excluding carboxylic acids is 1. The summed E-state index contributed by atoms with van der Waals surface area (Å²) in [6, 6.07) is 0.243. The van der Waals surface area contributed by atoms with E-state index in [1.54, 1.807) is 0 Å². The molecule has 1 aliphatic rings. The van der Waals surface area contributed by atoms with Gasteiger partial charge < -0.3 is 15.4 Å². The van der Waals surface area contributed by atoms with E-state index in [1.807, 2.05) is 4.90 Å². The molecule has 96 valence electrons. The van der Waals surface area contributed by atoms with Gasteiger partial charge in [0.05, 0.1) is 0 Å². The number of hydrogen-bond acceptors (Lipinski definition) is 3. The number of nitrogens with two attached hydrogens (primary N) is 1. The van der Waals surface area contributed by atoms with Gasteiger partial charge in [-0.25, -0.2) is 0 Å². The van der Waals surface area contributed by atoms with E-state index in [0.717, 1.165) is 32.2 Å². The number of nitrogens with zero attached hydrogens (tertiary/aromatic N) is 1. The maximum atomic E-state index is 11.7. The fraction of sp³-hybridized carbons (Fsp3) is 0.909. The molecule has 0 bridgehead atoms. The number of amides is 1. The summed E-state index contributed by atoms with van der Waals surface area (Å²) in [5, 5.41) is 0. The van der Waals surface area contributed by atoms with Crippen LogP contribution in [-0.2, 0) is 9.53 Å². The van der Waals surface area contributed by atoms with Crippen molar-refractivity contribution in [1.82, 2.24) is 4.90 Å². The van der Waals surface area contributed by atoms with Crippen LogP contribution in [0.2, 0.25) is 0 Å². The van der Waals surface area contributed by atoms with Gasteiger partial charge in [0.25, 0.3) is 0 Å². The molecular weight excluding hydrogens is 228 g/mol. The second-order valence-electron chi connectivity index (χ2n) is 4.03. The average molecular weight is 251 g/mol. The van der Waals surface area contributed by atoms with Gasteiger partial charge in [-0.1, -0.05) is 13.3 Å². The van der Waals surface area contributed by atoms with Crippen molar-refractivity contribution in [3.05, 3.63) is 0 Å². The van der Waals surface area contributed by atoms with Crippen molar-refractivity contribution < 1.29 is 9.53 Å². The number of likely N-dealkylation sites (tertiary alicyclic amines) is 1. The Kier molecular flexibility index (Phi) is 8.61. The largest absolute Gasteiger partial charge is 0.372 e. The molecule has 5 heteroatoms. The molecule has 0 radical (unpaired) electrons. The van der Waals surface area contributed by atoms with Gasteiger partial charge >= 0.3 is 0 Å². The Morgan fingerprint density at radius 3 is 2.94 bits per heavy atom. The molecule has 1 saturated heterocycles. The second kappa shape index (κ2) is 8.79. The van der Waals surface area contributed by atoms with E-state index < -0.39 is 0 Å².